The molecule has 1 saturated carbocycles. The predicted molar refractivity (Wildman–Crippen MR) is 48.3 cm³/mol. The third-order valence-electron chi connectivity index (χ3n) is 2.14. The van der Waals surface area contributed by atoms with Crippen LogP contribution in [0.4, 0.5) is 0 Å². The molecule has 66 valence electrons. The molecule has 0 spiro atoms. The highest BCUT2D eigenvalue weighted by Gasteiger charge is 2.30. The Balaban J connectivity index is 2.10. The molecule has 1 fully saturated rings. The lowest BCUT2D eigenvalue weighted by molar-refractivity contribution is 0.412. The summed E-state index contributed by atoms with van der Waals surface area (Å²) in [7, 11) is 1.63. The van der Waals surface area contributed by atoms with E-state index in [1.165, 1.54) is 12.8 Å². The molecule has 0 amide bonds. The minimum absolute atomic E-state index is 0.186. The van der Waals surface area contributed by atoms with Crippen LogP contribution < -0.4 is 10.5 Å². The van der Waals surface area contributed by atoms with Gasteiger partial charge in [-0.2, -0.15) is 0 Å². The topological polar surface area (TPSA) is 48.1 Å². The van der Waals surface area contributed by atoms with Gasteiger partial charge in [-0.15, -0.1) is 0 Å². The fourth-order valence-corrected chi connectivity index (χ4v) is 2.03. The van der Waals surface area contributed by atoms with Crippen LogP contribution in [0.1, 0.15) is 23.8 Å². The number of ether oxygens (including phenoxy) is 1. The lowest BCUT2D eigenvalue weighted by atomic mass is 10.2. The van der Waals surface area contributed by atoms with E-state index in [9.17, 15) is 0 Å². The van der Waals surface area contributed by atoms with E-state index in [1.54, 1.807) is 18.4 Å². The molecule has 12 heavy (non-hydrogen) atoms. The smallest absolute Gasteiger partial charge is 0.273 e. The first kappa shape index (κ1) is 8.01. The molecule has 0 aliphatic heterocycles. The summed E-state index contributed by atoms with van der Waals surface area (Å²) in [4.78, 5) is 5.23. The van der Waals surface area contributed by atoms with Gasteiger partial charge in [0.1, 0.15) is 0 Å². The molecule has 1 aliphatic carbocycles. The van der Waals surface area contributed by atoms with Crippen molar-refractivity contribution >= 4 is 11.3 Å². The van der Waals surface area contributed by atoms with Crippen LogP contribution in [-0.2, 0) is 0 Å². The number of methoxy groups -OCH3 is 1. The average molecular weight is 184 g/mol. The summed E-state index contributed by atoms with van der Waals surface area (Å²) in [6.45, 7) is 0. The third kappa shape index (κ3) is 1.44. The molecule has 1 aliphatic rings. The van der Waals surface area contributed by atoms with E-state index in [4.69, 9.17) is 10.5 Å². The van der Waals surface area contributed by atoms with Gasteiger partial charge in [0.05, 0.1) is 7.11 Å². The van der Waals surface area contributed by atoms with Gasteiger partial charge in [0.25, 0.3) is 5.19 Å². The second-order valence-electron chi connectivity index (χ2n) is 3.10. The van der Waals surface area contributed by atoms with Crippen molar-refractivity contribution in [1.29, 1.82) is 0 Å². The quantitative estimate of drug-likeness (QED) is 0.775. The Morgan fingerprint density at radius 1 is 1.75 bits per heavy atom. The van der Waals surface area contributed by atoms with Gasteiger partial charge in [0.15, 0.2) is 0 Å². The molecule has 4 heteroatoms. The van der Waals surface area contributed by atoms with Gasteiger partial charge >= 0.3 is 0 Å². The Bertz CT molecular complexity index is 270. The van der Waals surface area contributed by atoms with Crippen LogP contribution in [0, 0.1) is 5.92 Å². The van der Waals surface area contributed by atoms with Crippen LogP contribution in [0.15, 0.2) is 6.20 Å². The van der Waals surface area contributed by atoms with Gasteiger partial charge in [-0.05, 0) is 18.8 Å². The van der Waals surface area contributed by atoms with Crippen molar-refractivity contribution in [2.45, 2.75) is 18.9 Å². The van der Waals surface area contributed by atoms with E-state index in [1.807, 2.05) is 6.20 Å². The molecule has 1 aromatic heterocycles. The van der Waals surface area contributed by atoms with Gasteiger partial charge in [-0.25, -0.2) is 4.98 Å². The van der Waals surface area contributed by atoms with E-state index >= 15 is 0 Å². The molecule has 1 atom stereocenters. The van der Waals surface area contributed by atoms with Crippen molar-refractivity contribution in [2.24, 2.45) is 11.7 Å². The Morgan fingerprint density at radius 2 is 2.50 bits per heavy atom. The maximum absolute atomic E-state index is 5.98. The van der Waals surface area contributed by atoms with Crippen LogP contribution in [0.3, 0.4) is 0 Å². The number of thiazole rings is 1. The van der Waals surface area contributed by atoms with E-state index in [2.05, 4.69) is 4.98 Å². The zero-order valence-corrected chi connectivity index (χ0v) is 7.80. The first-order valence-corrected chi connectivity index (χ1v) is 4.88. The summed E-state index contributed by atoms with van der Waals surface area (Å²) in [5.41, 5.74) is 5.98. The number of hydrogen-bond acceptors (Lipinski definition) is 4. The third-order valence-corrected chi connectivity index (χ3v) is 3.20. The van der Waals surface area contributed by atoms with Crippen molar-refractivity contribution in [2.75, 3.05) is 7.11 Å². The number of rotatable bonds is 3. The molecule has 1 aromatic rings. The average Bonchev–Trinajstić information content (AvgIpc) is 2.82. The summed E-state index contributed by atoms with van der Waals surface area (Å²) in [6.07, 6.45) is 4.36. The second kappa shape index (κ2) is 3.03. The van der Waals surface area contributed by atoms with Crippen molar-refractivity contribution in [1.82, 2.24) is 4.98 Å². The Hall–Kier alpha value is -0.610. The second-order valence-corrected chi connectivity index (χ2v) is 4.12. The van der Waals surface area contributed by atoms with E-state index < -0.39 is 0 Å². The highest BCUT2D eigenvalue weighted by molar-refractivity contribution is 7.13. The number of nitrogens with two attached hydrogens (primary N) is 1. The van der Waals surface area contributed by atoms with Crippen molar-refractivity contribution in [3.05, 3.63) is 11.1 Å². The monoisotopic (exact) mass is 184 g/mol. The van der Waals surface area contributed by atoms with Crippen LogP contribution in [0.2, 0.25) is 0 Å². The van der Waals surface area contributed by atoms with Crippen LogP contribution in [0.25, 0.3) is 0 Å². The van der Waals surface area contributed by atoms with Gasteiger partial charge in [0.2, 0.25) is 0 Å². The molecule has 1 unspecified atom stereocenters. The first-order valence-electron chi connectivity index (χ1n) is 4.06. The zero-order valence-electron chi connectivity index (χ0n) is 6.99. The fraction of sp³-hybridized carbons (Fsp3) is 0.625. The minimum Gasteiger partial charge on any atom is -0.473 e. The molecule has 1 heterocycles. The number of hydrogen-bond donors (Lipinski definition) is 1. The molecular formula is C8H12N2OS. The van der Waals surface area contributed by atoms with Crippen molar-refractivity contribution in [3.8, 4) is 5.19 Å². The van der Waals surface area contributed by atoms with Gasteiger partial charge in [0, 0.05) is 17.1 Å². The molecule has 2 rings (SSSR count). The Kier molecular flexibility index (Phi) is 2.02. The maximum atomic E-state index is 5.98. The fourth-order valence-electron chi connectivity index (χ4n) is 1.21. The summed E-state index contributed by atoms with van der Waals surface area (Å²) >= 11 is 1.55. The minimum atomic E-state index is 0.186. The van der Waals surface area contributed by atoms with E-state index in [-0.39, 0.29) is 6.04 Å². The van der Waals surface area contributed by atoms with Gasteiger partial charge in [-0.1, -0.05) is 11.3 Å². The van der Waals surface area contributed by atoms with Crippen molar-refractivity contribution in [3.63, 3.8) is 0 Å². The molecule has 3 nitrogen and oxygen atoms in total. The Morgan fingerprint density at radius 3 is 3.00 bits per heavy atom. The molecular weight excluding hydrogens is 172 g/mol. The zero-order chi connectivity index (χ0) is 8.55. The predicted octanol–water partition coefficient (Wildman–Crippen LogP) is 1.56. The number of nitrogens with zero attached hydrogens (tertiary/aromatic N) is 1. The summed E-state index contributed by atoms with van der Waals surface area (Å²) in [6, 6.07) is 0.186. The molecule has 0 aromatic carbocycles. The van der Waals surface area contributed by atoms with Crippen molar-refractivity contribution < 1.29 is 4.74 Å². The standard InChI is InChI=1S/C8H12N2OS/c1-11-8-10-4-6(12-8)7(9)5-2-3-5/h4-5,7H,2-3,9H2,1H3. The lowest BCUT2D eigenvalue weighted by Gasteiger charge is -2.04. The SMILES string of the molecule is COc1ncc(C(N)C2CC2)s1. The summed E-state index contributed by atoms with van der Waals surface area (Å²) in [5.74, 6) is 0.690. The molecule has 0 saturated heterocycles. The van der Waals surface area contributed by atoms with Crippen LogP contribution in [0.5, 0.6) is 5.19 Å². The normalized spacial score (nSPS) is 19.2. The van der Waals surface area contributed by atoms with E-state index in [0.29, 0.717) is 11.1 Å². The Labute approximate surface area is 75.6 Å². The largest absolute Gasteiger partial charge is 0.473 e. The highest BCUT2D eigenvalue weighted by atomic mass is 32.1. The highest BCUT2D eigenvalue weighted by Crippen LogP contribution is 2.41. The maximum Gasteiger partial charge on any atom is 0.273 e. The molecule has 2 N–H and O–H groups in total. The number of aromatic nitrogens is 1. The summed E-state index contributed by atoms with van der Waals surface area (Å²) < 4.78 is 5.00. The molecule has 0 radical (unpaired) electrons. The molecule has 0 bridgehead atoms. The summed E-state index contributed by atoms with van der Waals surface area (Å²) in [5, 5.41) is 0.709. The van der Waals surface area contributed by atoms with Crippen LogP contribution in [-0.4, -0.2) is 12.1 Å². The first-order chi connectivity index (χ1) is 5.81. The van der Waals surface area contributed by atoms with Crippen LogP contribution >= 0.6 is 11.3 Å². The van der Waals surface area contributed by atoms with Gasteiger partial charge in [-0.3, -0.25) is 0 Å². The lowest BCUT2D eigenvalue weighted by Crippen LogP contribution is -2.10. The van der Waals surface area contributed by atoms with Gasteiger partial charge < -0.3 is 10.5 Å². The van der Waals surface area contributed by atoms with E-state index in [0.717, 1.165) is 4.88 Å².